The van der Waals surface area contributed by atoms with Crippen LogP contribution in [0.15, 0.2) is 64.5 Å². The molecule has 0 saturated heterocycles. The van der Waals surface area contributed by atoms with E-state index in [1.165, 1.54) is 11.8 Å². The molecule has 0 unspecified atom stereocenters. The van der Waals surface area contributed by atoms with Crippen LogP contribution in [-0.4, -0.2) is 20.2 Å². The maximum Gasteiger partial charge on any atom is 0.271 e. The topological polar surface area (TPSA) is 71.5 Å². The summed E-state index contributed by atoms with van der Waals surface area (Å²) >= 11 is 1.47. The zero-order chi connectivity index (χ0) is 15.6. The van der Waals surface area contributed by atoms with E-state index < -0.39 is 0 Å². The Hall–Kier alpha value is -2.73. The fourth-order valence-corrected chi connectivity index (χ4v) is 3.33. The zero-order valence-electron chi connectivity index (χ0n) is 12.1. The molecule has 0 atom stereocenters. The molecule has 2 aromatic heterocycles. The molecule has 0 radical (unpaired) electrons. The average molecular weight is 320 g/mol. The lowest BCUT2D eigenvalue weighted by atomic mass is 10.2. The lowest BCUT2D eigenvalue weighted by Gasteiger charge is -2.04. The highest BCUT2D eigenvalue weighted by Gasteiger charge is 2.08. The van der Waals surface area contributed by atoms with Crippen molar-refractivity contribution in [2.45, 2.75) is 10.8 Å². The second-order valence-corrected chi connectivity index (χ2v) is 6.02. The van der Waals surface area contributed by atoms with Crippen LogP contribution in [0.25, 0.3) is 21.8 Å². The molecule has 0 fully saturated rings. The number of rotatable bonds is 3. The summed E-state index contributed by atoms with van der Waals surface area (Å²) in [6.45, 7) is 0. The molecule has 4 aromatic rings. The van der Waals surface area contributed by atoms with E-state index in [4.69, 9.17) is 0 Å². The number of hydrogen-bond acceptors (Lipinski definition) is 5. The van der Waals surface area contributed by atoms with Crippen molar-refractivity contribution < 1.29 is 0 Å². The number of benzene rings is 2. The standard InChI is InChI=1S/C17H12N4OS/c22-16-15(19-13-7-3-4-8-14(13)20-16)10-23-17-12-6-2-1-5-11(12)9-18-21-17/h1-9H,10H2,(H,20,22). The Balaban J connectivity index is 1.68. The predicted molar refractivity (Wildman–Crippen MR) is 91.5 cm³/mol. The number of nitrogens with zero attached hydrogens (tertiary/aromatic N) is 3. The molecule has 0 aliphatic rings. The van der Waals surface area contributed by atoms with Crippen LogP contribution in [0.2, 0.25) is 0 Å². The SMILES string of the molecule is O=c1[nH]c2ccccc2nc1CSc1nncc2ccccc12. The van der Waals surface area contributed by atoms with Gasteiger partial charge < -0.3 is 4.98 Å². The summed E-state index contributed by atoms with van der Waals surface area (Å²) in [6, 6.07) is 15.4. The molecule has 0 aliphatic carbocycles. The highest BCUT2D eigenvalue weighted by Crippen LogP contribution is 2.26. The van der Waals surface area contributed by atoms with Crippen LogP contribution in [0.1, 0.15) is 5.69 Å². The molecule has 2 heterocycles. The number of nitrogens with one attached hydrogen (secondary N) is 1. The first kappa shape index (κ1) is 13.9. The van der Waals surface area contributed by atoms with Gasteiger partial charge in [0.1, 0.15) is 10.7 Å². The van der Waals surface area contributed by atoms with Crippen molar-refractivity contribution in [3.63, 3.8) is 0 Å². The lowest BCUT2D eigenvalue weighted by molar-refractivity contribution is 0.954. The summed E-state index contributed by atoms with van der Waals surface area (Å²) in [5, 5.41) is 11.1. The molecule has 6 heteroatoms. The third-order valence-electron chi connectivity index (χ3n) is 3.55. The molecule has 23 heavy (non-hydrogen) atoms. The first-order valence-electron chi connectivity index (χ1n) is 7.12. The van der Waals surface area contributed by atoms with Gasteiger partial charge in [-0.05, 0) is 12.1 Å². The van der Waals surface area contributed by atoms with Gasteiger partial charge in [-0.25, -0.2) is 4.98 Å². The second kappa shape index (κ2) is 5.81. The number of H-pyrrole nitrogens is 1. The Labute approximate surface area is 135 Å². The maximum absolute atomic E-state index is 12.2. The Morgan fingerprint density at radius 2 is 1.87 bits per heavy atom. The van der Waals surface area contributed by atoms with E-state index in [2.05, 4.69) is 20.2 Å². The third kappa shape index (κ3) is 2.68. The third-order valence-corrected chi connectivity index (χ3v) is 4.54. The van der Waals surface area contributed by atoms with Crippen LogP contribution < -0.4 is 5.56 Å². The van der Waals surface area contributed by atoms with Gasteiger partial charge in [-0.1, -0.05) is 48.2 Å². The van der Waals surface area contributed by atoms with Crippen molar-refractivity contribution in [3.8, 4) is 0 Å². The second-order valence-electron chi connectivity index (χ2n) is 5.06. The van der Waals surface area contributed by atoms with Crippen molar-refractivity contribution in [3.05, 3.63) is 70.8 Å². The highest BCUT2D eigenvalue weighted by molar-refractivity contribution is 7.98. The molecule has 0 amide bonds. The molecule has 2 aromatic carbocycles. The molecular formula is C17H12N4OS. The van der Waals surface area contributed by atoms with Gasteiger partial charge in [0.2, 0.25) is 0 Å². The summed E-state index contributed by atoms with van der Waals surface area (Å²) in [5.74, 6) is 0.447. The first-order chi connectivity index (χ1) is 11.3. The first-order valence-corrected chi connectivity index (χ1v) is 8.11. The van der Waals surface area contributed by atoms with E-state index in [1.54, 1.807) is 6.20 Å². The zero-order valence-corrected chi connectivity index (χ0v) is 12.9. The normalized spacial score (nSPS) is 11.1. The summed E-state index contributed by atoms with van der Waals surface area (Å²) in [5.41, 5.74) is 1.86. The summed E-state index contributed by atoms with van der Waals surface area (Å²) < 4.78 is 0. The quantitative estimate of drug-likeness (QED) is 0.587. The number of hydrogen-bond donors (Lipinski definition) is 1. The summed E-state index contributed by atoms with van der Waals surface area (Å²) in [7, 11) is 0. The predicted octanol–water partition coefficient (Wildman–Crippen LogP) is 3.16. The monoisotopic (exact) mass is 320 g/mol. The molecule has 0 spiro atoms. The number of fused-ring (bicyclic) bond motifs is 2. The van der Waals surface area contributed by atoms with E-state index in [0.29, 0.717) is 11.4 Å². The van der Waals surface area contributed by atoms with Crippen LogP contribution in [0, 0.1) is 0 Å². The summed E-state index contributed by atoms with van der Waals surface area (Å²) in [6.07, 6.45) is 1.74. The van der Waals surface area contributed by atoms with Gasteiger partial charge in [-0.3, -0.25) is 4.79 Å². The maximum atomic E-state index is 12.2. The van der Waals surface area contributed by atoms with Crippen molar-refractivity contribution in [2.24, 2.45) is 0 Å². The van der Waals surface area contributed by atoms with Gasteiger partial charge in [0, 0.05) is 16.5 Å². The van der Waals surface area contributed by atoms with Crippen molar-refractivity contribution >= 4 is 33.6 Å². The van der Waals surface area contributed by atoms with E-state index in [1.807, 2.05) is 48.5 Å². The van der Waals surface area contributed by atoms with Crippen LogP contribution in [0.3, 0.4) is 0 Å². The van der Waals surface area contributed by atoms with Crippen LogP contribution in [0.5, 0.6) is 0 Å². The van der Waals surface area contributed by atoms with Gasteiger partial charge in [0.05, 0.1) is 17.2 Å². The van der Waals surface area contributed by atoms with Crippen LogP contribution in [-0.2, 0) is 5.75 Å². The van der Waals surface area contributed by atoms with Crippen molar-refractivity contribution in [1.29, 1.82) is 0 Å². The molecule has 0 saturated carbocycles. The van der Waals surface area contributed by atoms with Crippen molar-refractivity contribution in [2.75, 3.05) is 0 Å². The molecule has 0 bridgehead atoms. The Morgan fingerprint density at radius 1 is 1.04 bits per heavy atom. The molecular weight excluding hydrogens is 308 g/mol. The fourth-order valence-electron chi connectivity index (χ4n) is 2.41. The number of thioether (sulfide) groups is 1. The Kier molecular flexibility index (Phi) is 3.51. The molecule has 4 rings (SSSR count). The van der Waals surface area contributed by atoms with Gasteiger partial charge in [-0.15, -0.1) is 5.10 Å². The van der Waals surface area contributed by atoms with E-state index in [9.17, 15) is 4.79 Å². The van der Waals surface area contributed by atoms with Gasteiger partial charge in [-0.2, -0.15) is 5.10 Å². The Morgan fingerprint density at radius 3 is 2.83 bits per heavy atom. The van der Waals surface area contributed by atoms with E-state index >= 15 is 0 Å². The number of para-hydroxylation sites is 2. The fraction of sp³-hybridized carbons (Fsp3) is 0.0588. The molecule has 1 N–H and O–H groups in total. The van der Waals surface area contributed by atoms with E-state index in [0.717, 1.165) is 26.8 Å². The lowest BCUT2D eigenvalue weighted by Crippen LogP contribution is -2.14. The van der Waals surface area contributed by atoms with Crippen LogP contribution >= 0.6 is 11.8 Å². The minimum atomic E-state index is -0.163. The van der Waals surface area contributed by atoms with Gasteiger partial charge in [0.25, 0.3) is 5.56 Å². The highest BCUT2D eigenvalue weighted by atomic mass is 32.2. The minimum absolute atomic E-state index is 0.163. The number of aromatic nitrogens is 4. The van der Waals surface area contributed by atoms with Gasteiger partial charge >= 0.3 is 0 Å². The smallest absolute Gasteiger partial charge is 0.271 e. The molecule has 0 aliphatic heterocycles. The number of aromatic amines is 1. The van der Waals surface area contributed by atoms with E-state index in [-0.39, 0.29) is 5.56 Å². The average Bonchev–Trinajstić information content (AvgIpc) is 2.60. The molecule has 5 nitrogen and oxygen atoms in total. The van der Waals surface area contributed by atoms with Gasteiger partial charge in [0.15, 0.2) is 0 Å². The van der Waals surface area contributed by atoms with Crippen molar-refractivity contribution in [1.82, 2.24) is 20.2 Å². The molecule has 112 valence electrons. The summed E-state index contributed by atoms with van der Waals surface area (Å²) in [4.78, 5) is 19.5. The Bertz CT molecular complexity index is 1060. The van der Waals surface area contributed by atoms with Crippen LogP contribution in [0.4, 0.5) is 0 Å². The largest absolute Gasteiger partial charge is 0.319 e. The minimum Gasteiger partial charge on any atom is -0.319 e.